The highest BCUT2D eigenvalue weighted by atomic mass is 32.1. The van der Waals surface area contributed by atoms with Gasteiger partial charge in [-0.1, -0.05) is 26.1 Å². The zero-order valence-corrected chi connectivity index (χ0v) is 13.2. The van der Waals surface area contributed by atoms with Crippen molar-refractivity contribution in [1.29, 1.82) is 0 Å². The second kappa shape index (κ2) is 7.04. The SMILES string of the molecule is CC(C)CN(CCOc1ccc(C(N)=S)cc1)C1CC1. The van der Waals surface area contributed by atoms with E-state index in [0.29, 0.717) is 10.9 Å². The molecule has 110 valence electrons. The second-order valence-electron chi connectivity index (χ2n) is 5.86. The Morgan fingerprint density at radius 3 is 2.50 bits per heavy atom. The lowest BCUT2D eigenvalue weighted by molar-refractivity contribution is 0.185. The molecule has 0 spiro atoms. The van der Waals surface area contributed by atoms with Crippen molar-refractivity contribution in [2.75, 3.05) is 19.7 Å². The summed E-state index contributed by atoms with van der Waals surface area (Å²) in [4.78, 5) is 2.97. The van der Waals surface area contributed by atoms with Gasteiger partial charge in [-0.3, -0.25) is 4.90 Å². The fraction of sp³-hybridized carbons (Fsp3) is 0.562. The van der Waals surface area contributed by atoms with Crippen LogP contribution in [0.2, 0.25) is 0 Å². The summed E-state index contributed by atoms with van der Waals surface area (Å²) < 4.78 is 5.80. The standard InChI is InChI=1S/C16H24N2OS/c1-12(2)11-18(14-5-6-14)9-10-19-15-7-3-13(4-8-15)16(17)20/h3-4,7-8,12,14H,5-6,9-11H2,1-2H3,(H2,17,20). The summed E-state index contributed by atoms with van der Waals surface area (Å²) in [7, 11) is 0. The maximum Gasteiger partial charge on any atom is 0.119 e. The first-order chi connectivity index (χ1) is 9.56. The van der Waals surface area contributed by atoms with E-state index in [9.17, 15) is 0 Å². The summed E-state index contributed by atoms with van der Waals surface area (Å²) in [5, 5.41) is 0. The van der Waals surface area contributed by atoms with Gasteiger partial charge in [-0.15, -0.1) is 0 Å². The summed E-state index contributed by atoms with van der Waals surface area (Å²) >= 11 is 4.93. The molecule has 1 aliphatic carbocycles. The topological polar surface area (TPSA) is 38.5 Å². The van der Waals surface area contributed by atoms with E-state index in [1.807, 2.05) is 24.3 Å². The van der Waals surface area contributed by atoms with Gasteiger partial charge >= 0.3 is 0 Å². The van der Waals surface area contributed by atoms with Crippen LogP contribution in [0.25, 0.3) is 0 Å². The van der Waals surface area contributed by atoms with E-state index < -0.39 is 0 Å². The van der Waals surface area contributed by atoms with Crippen molar-refractivity contribution in [3.8, 4) is 5.75 Å². The van der Waals surface area contributed by atoms with Gasteiger partial charge in [0.15, 0.2) is 0 Å². The minimum Gasteiger partial charge on any atom is -0.492 e. The third-order valence-corrected chi connectivity index (χ3v) is 3.68. The molecule has 1 aliphatic rings. The van der Waals surface area contributed by atoms with Crippen LogP contribution >= 0.6 is 12.2 Å². The van der Waals surface area contributed by atoms with Crippen molar-refractivity contribution in [3.05, 3.63) is 29.8 Å². The van der Waals surface area contributed by atoms with Crippen molar-refractivity contribution in [2.45, 2.75) is 32.7 Å². The molecule has 0 atom stereocenters. The first-order valence-corrected chi connectivity index (χ1v) is 7.74. The van der Waals surface area contributed by atoms with E-state index >= 15 is 0 Å². The molecule has 0 amide bonds. The van der Waals surface area contributed by atoms with Gasteiger partial charge in [0.1, 0.15) is 17.3 Å². The van der Waals surface area contributed by atoms with Gasteiger partial charge in [-0.2, -0.15) is 0 Å². The summed E-state index contributed by atoms with van der Waals surface area (Å²) in [5.74, 6) is 1.59. The summed E-state index contributed by atoms with van der Waals surface area (Å²) in [5.41, 5.74) is 6.46. The molecule has 0 bridgehead atoms. The van der Waals surface area contributed by atoms with Crippen molar-refractivity contribution >= 4 is 17.2 Å². The third kappa shape index (κ3) is 4.76. The van der Waals surface area contributed by atoms with E-state index in [-0.39, 0.29) is 0 Å². The molecular formula is C16H24N2OS. The quantitative estimate of drug-likeness (QED) is 0.748. The predicted octanol–water partition coefficient (Wildman–Crippen LogP) is 2.82. The molecule has 0 unspecified atom stereocenters. The van der Waals surface area contributed by atoms with E-state index in [1.165, 1.54) is 12.8 Å². The van der Waals surface area contributed by atoms with Crippen LogP contribution in [0.4, 0.5) is 0 Å². The molecule has 0 saturated heterocycles. The van der Waals surface area contributed by atoms with Crippen molar-refractivity contribution in [2.24, 2.45) is 11.7 Å². The Morgan fingerprint density at radius 1 is 1.35 bits per heavy atom. The molecule has 0 heterocycles. The fourth-order valence-electron chi connectivity index (χ4n) is 2.33. The molecular weight excluding hydrogens is 268 g/mol. The zero-order valence-electron chi connectivity index (χ0n) is 12.3. The predicted molar refractivity (Wildman–Crippen MR) is 87.3 cm³/mol. The minimum atomic E-state index is 0.424. The van der Waals surface area contributed by atoms with Crippen molar-refractivity contribution in [3.63, 3.8) is 0 Å². The molecule has 1 saturated carbocycles. The number of rotatable bonds is 8. The molecule has 2 N–H and O–H groups in total. The van der Waals surface area contributed by atoms with Gasteiger partial charge in [0.25, 0.3) is 0 Å². The lowest BCUT2D eigenvalue weighted by atomic mass is 10.2. The number of hydrogen-bond donors (Lipinski definition) is 1. The Kier molecular flexibility index (Phi) is 5.38. The van der Waals surface area contributed by atoms with Gasteiger partial charge in [0, 0.05) is 24.7 Å². The molecule has 0 radical (unpaired) electrons. The smallest absolute Gasteiger partial charge is 0.119 e. The van der Waals surface area contributed by atoms with Gasteiger partial charge in [0.2, 0.25) is 0 Å². The second-order valence-corrected chi connectivity index (χ2v) is 6.30. The van der Waals surface area contributed by atoms with E-state index in [4.69, 9.17) is 22.7 Å². The normalized spacial score (nSPS) is 14.8. The fourth-order valence-corrected chi connectivity index (χ4v) is 2.46. The highest BCUT2D eigenvalue weighted by molar-refractivity contribution is 7.80. The van der Waals surface area contributed by atoms with Crippen LogP contribution in [0.1, 0.15) is 32.3 Å². The Hall–Kier alpha value is -1.13. The first kappa shape index (κ1) is 15.3. The van der Waals surface area contributed by atoms with Gasteiger partial charge in [-0.25, -0.2) is 0 Å². The van der Waals surface area contributed by atoms with Crippen LogP contribution in [0.3, 0.4) is 0 Å². The van der Waals surface area contributed by atoms with E-state index in [1.54, 1.807) is 0 Å². The summed E-state index contributed by atoms with van der Waals surface area (Å²) in [6, 6.07) is 8.46. The average Bonchev–Trinajstić information content (AvgIpc) is 3.22. The highest BCUT2D eigenvalue weighted by Crippen LogP contribution is 2.27. The molecule has 0 aliphatic heterocycles. The summed E-state index contributed by atoms with van der Waals surface area (Å²) in [6.07, 6.45) is 2.69. The first-order valence-electron chi connectivity index (χ1n) is 7.33. The molecule has 1 aromatic carbocycles. The van der Waals surface area contributed by atoms with Gasteiger partial charge in [-0.05, 0) is 43.0 Å². The number of hydrogen-bond acceptors (Lipinski definition) is 3. The summed E-state index contributed by atoms with van der Waals surface area (Å²) in [6.45, 7) is 7.43. The van der Waals surface area contributed by atoms with Gasteiger partial charge in [0.05, 0.1) is 0 Å². The van der Waals surface area contributed by atoms with E-state index in [2.05, 4.69) is 18.7 Å². The number of nitrogens with zero attached hydrogens (tertiary/aromatic N) is 1. The highest BCUT2D eigenvalue weighted by Gasteiger charge is 2.28. The number of thiocarbonyl (C=S) groups is 1. The zero-order chi connectivity index (χ0) is 14.5. The largest absolute Gasteiger partial charge is 0.492 e. The Balaban J connectivity index is 1.77. The average molecular weight is 292 g/mol. The third-order valence-electron chi connectivity index (χ3n) is 3.45. The number of benzene rings is 1. The molecule has 1 fully saturated rings. The molecule has 3 nitrogen and oxygen atoms in total. The van der Waals surface area contributed by atoms with E-state index in [0.717, 1.165) is 37.1 Å². The maximum atomic E-state index is 5.80. The minimum absolute atomic E-state index is 0.424. The van der Waals surface area contributed by atoms with Crippen LogP contribution in [0, 0.1) is 5.92 Å². The van der Waals surface area contributed by atoms with Gasteiger partial charge < -0.3 is 10.5 Å². The molecule has 2 rings (SSSR count). The molecule has 4 heteroatoms. The van der Waals surface area contributed by atoms with Crippen LogP contribution in [0.5, 0.6) is 5.75 Å². The monoisotopic (exact) mass is 292 g/mol. The van der Waals surface area contributed by atoms with Crippen molar-refractivity contribution in [1.82, 2.24) is 4.90 Å². The molecule has 20 heavy (non-hydrogen) atoms. The van der Waals surface area contributed by atoms with Crippen LogP contribution in [0.15, 0.2) is 24.3 Å². The lowest BCUT2D eigenvalue weighted by Gasteiger charge is -2.23. The number of nitrogens with two attached hydrogens (primary N) is 1. The number of ether oxygens (including phenoxy) is 1. The molecule has 0 aromatic heterocycles. The lowest BCUT2D eigenvalue weighted by Crippen LogP contribution is -2.33. The van der Waals surface area contributed by atoms with Crippen LogP contribution in [-0.4, -0.2) is 35.6 Å². The van der Waals surface area contributed by atoms with Crippen LogP contribution < -0.4 is 10.5 Å². The molecule has 1 aromatic rings. The Morgan fingerprint density at radius 2 is 2.00 bits per heavy atom. The maximum absolute atomic E-state index is 5.80. The van der Waals surface area contributed by atoms with Crippen molar-refractivity contribution < 1.29 is 4.74 Å². The van der Waals surface area contributed by atoms with Crippen LogP contribution in [-0.2, 0) is 0 Å². The Bertz CT molecular complexity index is 440. The Labute approximate surface area is 127 Å².